The second kappa shape index (κ2) is 7.07. The zero-order valence-electron chi connectivity index (χ0n) is 8.39. The van der Waals surface area contributed by atoms with Crippen molar-refractivity contribution in [1.29, 1.82) is 0 Å². The van der Waals surface area contributed by atoms with Crippen molar-refractivity contribution >= 4 is 0 Å². The monoisotopic (exact) mass is 226 g/mol. The lowest BCUT2D eigenvalue weighted by molar-refractivity contribution is -0.209. The summed E-state index contributed by atoms with van der Waals surface area (Å²) in [5, 5.41) is 54.3. The maximum absolute atomic E-state index is 9.27. The van der Waals surface area contributed by atoms with Gasteiger partial charge in [0.2, 0.25) is 0 Å². The Morgan fingerprint density at radius 1 is 0.933 bits per heavy atom. The minimum absolute atomic E-state index is 0.115. The lowest BCUT2D eigenvalue weighted by atomic mass is 10.0. The van der Waals surface area contributed by atoms with Crippen LogP contribution in [-0.4, -0.2) is 74.6 Å². The number of ether oxygens (including phenoxy) is 1. The quantitative estimate of drug-likeness (QED) is 0.252. The smallest absolute Gasteiger partial charge is 0.183 e. The molecule has 0 aliphatic heterocycles. The van der Waals surface area contributed by atoms with E-state index in [4.69, 9.17) is 15.3 Å². The molecule has 0 bridgehead atoms. The Balaban J connectivity index is 4.22. The van der Waals surface area contributed by atoms with Crippen LogP contribution in [0.4, 0.5) is 0 Å². The van der Waals surface area contributed by atoms with Crippen LogP contribution in [0.15, 0.2) is 0 Å². The molecule has 0 saturated heterocycles. The van der Waals surface area contributed by atoms with E-state index in [-0.39, 0.29) is 6.61 Å². The maximum Gasteiger partial charge on any atom is 0.183 e. The molecular weight excluding hydrogens is 208 g/mol. The topological polar surface area (TPSA) is 131 Å². The molecule has 0 fully saturated rings. The lowest BCUT2D eigenvalue weighted by Crippen LogP contribution is -2.50. The number of hydrogen-bond acceptors (Lipinski definition) is 7. The Kier molecular flexibility index (Phi) is 6.94. The Morgan fingerprint density at radius 3 is 1.87 bits per heavy atom. The van der Waals surface area contributed by atoms with Gasteiger partial charge in [-0.25, -0.2) is 0 Å². The molecule has 0 heterocycles. The molecule has 15 heavy (non-hydrogen) atoms. The Bertz CT molecular complexity index is 165. The molecule has 0 aromatic rings. The van der Waals surface area contributed by atoms with Crippen LogP contribution >= 0.6 is 0 Å². The summed E-state index contributed by atoms with van der Waals surface area (Å²) in [5.74, 6) is 0. The second-order valence-corrected chi connectivity index (χ2v) is 3.07. The van der Waals surface area contributed by atoms with Gasteiger partial charge in [-0.05, 0) is 6.92 Å². The van der Waals surface area contributed by atoms with Crippen LogP contribution in [-0.2, 0) is 4.74 Å². The van der Waals surface area contributed by atoms with E-state index < -0.39 is 37.3 Å². The molecule has 0 amide bonds. The minimum Gasteiger partial charge on any atom is -0.394 e. The highest BCUT2D eigenvalue weighted by atomic mass is 16.6. The third kappa shape index (κ3) is 4.39. The summed E-state index contributed by atoms with van der Waals surface area (Å²) < 4.78 is 4.58. The molecule has 0 aliphatic rings. The molecule has 0 aromatic carbocycles. The van der Waals surface area contributed by atoms with E-state index in [0.29, 0.717) is 0 Å². The van der Waals surface area contributed by atoms with Crippen LogP contribution in [0.3, 0.4) is 0 Å². The van der Waals surface area contributed by atoms with Gasteiger partial charge in [0.15, 0.2) is 6.29 Å². The molecular formula is C8H18O7. The van der Waals surface area contributed by atoms with Crippen molar-refractivity contribution in [2.24, 2.45) is 0 Å². The molecule has 7 heteroatoms. The average Bonchev–Trinajstić information content (AvgIpc) is 2.25. The molecule has 5 atom stereocenters. The summed E-state index contributed by atoms with van der Waals surface area (Å²) in [6.07, 6.45) is -8.59. The lowest BCUT2D eigenvalue weighted by Gasteiger charge is -2.28. The largest absolute Gasteiger partial charge is 0.394 e. The molecule has 0 aliphatic carbocycles. The number of hydrogen-bond donors (Lipinski definition) is 6. The third-order valence-corrected chi connectivity index (χ3v) is 1.91. The normalized spacial score (nSPS) is 21.8. The molecule has 7 nitrogen and oxygen atoms in total. The Morgan fingerprint density at radius 2 is 1.47 bits per heavy atom. The predicted molar refractivity (Wildman–Crippen MR) is 48.7 cm³/mol. The average molecular weight is 226 g/mol. The van der Waals surface area contributed by atoms with Crippen molar-refractivity contribution in [2.45, 2.75) is 37.6 Å². The van der Waals surface area contributed by atoms with Crippen molar-refractivity contribution in [3.05, 3.63) is 0 Å². The van der Waals surface area contributed by atoms with E-state index in [1.165, 1.54) is 0 Å². The fourth-order valence-corrected chi connectivity index (χ4v) is 0.976. The summed E-state index contributed by atoms with van der Waals surface area (Å²) in [7, 11) is 0. The zero-order chi connectivity index (χ0) is 12.0. The summed E-state index contributed by atoms with van der Waals surface area (Å²) in [5.41, 5.74) is 0. The Labute approximate surface area is 87.2 Å². The standard InChI is InChI=1S/C8H18O7/c1-2-15-8(14)7(13)6(12)5(11)4(10)3-9/h4-14H,2-3H2,1H3. The molecule has 5 unspecified atom stereocenters. The SMILES string of the molecule is CCOC(O)C(O)C(O)C(O)C(O)CO. The molecule has 0 saturated carbocycles. The van der Waals surface area contributed by atoms with Crippen LogP contribution in [0.25, 0.3) is 0 Å². The summed E-state index contributed by atoms with van der Waals surface area (Å²) in [4.78, 5) is 0. The number of aliphatic hydroxyl groups excluding tert-OH is 6. The van der Waals surface area contributed by atoms with E-state index in [2.05, 4.69) is 4.74 Å². The van der Waals surface area contributed by atoms with E-state index >= 15 is 0 Å². The van der Waals surface area contributed by atoms with Gasteiger partial charge in [-0.2, -0.15) is 0 Å². The van der Waals surface area contributed by atoms with E-state index in [9.17, 15) is 15.3 Å². The van der Waals surface area contributed by atoms with Gasteiger partial charge in [-0.1, -0.05) is 0 Å². The van der Waals surface area contributed by atoms with Gasteiger partial charge in [0.1, 0.15) is 24.4 Å². The van der Waals surface area contributed by atoms with Crippen LogP contribution in [0, 0.1) is 0 Å². The van der Waals surface area contributed by atoms with Crippen molar-refractivity contribution in [2.75, 3.05) is 13.2 Å². The summed E-state index contributed by atoms with van der Waals surface area (Å²) in [6.45, 7) is 0.917. The third-order valence-electron chi connectivity index (χ3n) is 1.91. The highest BCUT2D eigenvalue weighted by molar-refractivity contribution is 4.81. The summed E-state index contributed by atoms with van der Waals surface area (Å²) in [6, 6.07) is 0. The van der Waals surface area contributed by atoms with Crippen molar-refractivity contribution in [1.82, 2.24) is 0 Å². The molecule has 0 radical (unpaired) electrons. The van der Waals surface area contributed by atoms with E-state index in [1.807, 2.05) is 0 Å². The van der Waals surface area contributed by atoms with Gasteiger partial charge < -0.3 is 35.4 Å². The number of aliphatic hydroxyl groups is 6. The first-order valence-corrected chi connectivity index (χ1v) is 4.58. The fourth-order valence-electron chi connectivity index (χ4n) is 0.976. The molecule has 0 aromatic heterocycles. The van der Waals surface area contributed by atoms with E-state index in [0.717, 1.165) is 0 Å². The first kappa shape index (κ1) is 14.7. The second-order valence-electron chi connectivity index (χ2n) is 3.07. The van der Waals surface area contributed by atoms with Crippen molar-refractivity contribution in [3.8, 4) is 0 Å². The first-order valence-electron chi connectivity index (χ1n) is 4.58. The van der Waals surface area contributed by atoms with Gasteiger partial charge >= 0.3 is 0 Å². The van der Waals surface area contributed by atoms with Gasteiger partial charge in [0.05, 0.1) is 6.61 Å². The zero-order valence-corrected chi connectivity index (χ0v) is 8.39. The van der Waals surface area contributed by atoms with Gasteiger partial charge in [0.25, 0.3) is 0 Å². The minimum atomic E-state index is -1.81. The van der Waals surface area contributed by atoms with Crippen LogP contribution in [0.2, 0.25) is 0 Å². The highest BCUT2D eigenvalue weighted by Crippen LogP contribution is 2.09. The first-order chi connectivity index (χ1) is 6.95. The van der Waals surface area contributed by atoms with E-state index in [1.54, 1.807) is 6.92 Å². The maximum atomic E-state index is 9.27. The van der Waals surface area contributed by atoms with Crippen LogP contribution in [0.5, 0.6) is 0 Å². The van der Waals surface area contributed by atoms with Crippen LogP contribution in [0.1, 0.15) is 6.92 Å². The number of rotatable bonds is 7. The van der Waals surface area contributed by atoms with Gasteiger partial charge in [0, 0.05) is 6.61 Å². The molecule has 92 valence electrons. The molecule has 6 N–H and O–H groups in total. The summed E-state index contributed by atoms with van der Waals surface area (Å²) >= 11 is 0. The molecule has 0 spiro atoms. The van der Waals surface area contributed by atoms with Crippen molar-refractivity contribution < 1.29 is 35.4 Å². The fraction of sp³-hybridized carbons (Fsp3) is 1.00. The highest BCUT2D eigenvalue weighted by Gasteiger charge is 2.34. The van der Waals surface area contributed by atoms with Gasteiger partial charge in [-0.15, -0.1) is 0 Å². The van der Waals surface area contributed by atoms with Crippen LogP contribution < -0.4 is 0 Å². The van der Waals surface area contributed by atoms with Gasteiger partial charge in [-0.3, -0.25) is 0 Å². The van der Waals surface area contributed by atoms with Crippen molar-refractivity contribution in [3.63, 3.8) is 0 Å². The Hall–Kier alpha value is -0.280. The molecule has 0 rings (SSSR count). The predicted octanol–water partition coefficient (Wildman–Crippen LogP) is -3.22.